The van der Waals surface area contributed by atoms with Crippen LogP contribution in [0.4, 0.5) is 30.7 Å². The largest absolute Gasteiger partial charge is 0.425 e. The molecule has 0 aromatic heterocycles. The van der Waals surface area contributed by atoms with E-state index in [0.29, 0.717) is 12.1 Å². The second-order valence-corrected chi connectivity index (χ2v) is 5.23. The van der Waals surface area contributed by atoms with Crippen molar-refractivity contribution in [1.29, 1.82) is 0 Å². The van der Waals surface area contributed by atoms with Crippen LogP contribution in [0.15, 0.2) is 54.6 Å². The second kappa shape index (κ2) is 6.51. The van der Waals surface area contributed by atoms with Crippen molar-refractivity contribution in [3.8, 4) is 0 Å². The Morgan fingerprint density at radius 3 is 1.88 bits per heavy atom. The highest BCUT2D eigenvalue weighted by atomic mass is 19.4. The third-order valence-corrected chi connectivity index (χ3v) is 3.45. The number of benzene rings is 2. The van der Waals surface area contributed by atoms with E-state index in [4.69, 9.17) is 0 Å². The molecule has 2 aromatic rings. The molecule has 1 nitrogen and oxygen atoms in total. The van der Waals surface area contributed by atoms with Crippen molar-refractivity contribution in [3.05, 3.63) is 77.1 Å². The third kappa shape index (κ3) is 4.19. The number of hydrogen-bond donors (Lipinski definition) is 1. The Kier molecular flexibility index (Phi) is 4.94. The molecule has 134 valence electrons. The molecule has 0 spiro atoms. The van der Waals surface area contributed by atoms with Gasteiger partial charge in [0.15, 0.2) is 0 Å². The van der Waals surface area contributed by atoms with E-state index in [2.05, 4.69) is 0 Å². The van der Waals surface area contributed by atoms with E-state index in [0.717, 1.165) is 42.5 Å². The molecule has 8 heteroatoms. The number of alkyl halides is 6. The van der Waals surface area contributed by atoms with Crippen LogP contribution in [0.25, 0.3) is 6.08 Å². The Morgan fingerprint density at radius 2 is 1.36 bits per heavy atom. The lowest BCUT2D eigenvalue weighted by Crippen LogP contribution is -2.40. The molecule has 2 aromatic carbocycles. The van der Waals surface area contributed by atoms with Crippen molar-refractivity contribution in [3.63, 3.8) is 0 Å². The number of rotatable bonds is 3. The molecular weight excluding hydrogens is 353 g/mol. The van der Waals surface area contributed by atoms with Crippen molar-refractivity contribution in [1.82, 2.24) is 0 Å². The van der Waals surface area contributed by atoms with E-state index < -0.39 is 34.9 Å². The molecular formula is C17H11F7O. The van der Waals surface area contributed by atoms with Gasteiger partial charge in [0.2, 0.25) is 5.60 Å². The molecule has 0 radical (unpaired) electrons. The Labute approximate surface area is 138 Å². The average Bonchev–Trinajstić information content (AvgIpc) is 2.52. The van der Waals surface area contributed by atoms with Gasteiger partial charge in [-0.2, -0.15) is 26.3 Å². The van der Waals surface area contributed by atoms with Gasteiger partial charge in [-0.05, 0) is 41.5 Å². The highest BCUT2D eigenvalue weighted by Gasteiger charge is 2.53. The summed E-state index contributed by atoms with van der Waals surface area (Å²) in [6.45, 7) is 0. The molecule has 0 fully saturated rings. The van der Waals surface area contributed by atoms with Crippen molar-refractivity contribution in [2.45, 2.75) is 18.0 Å². The maximum atomic E-state index is 13.3. The topological polar surface area (TPSA) is 20.2 Å². The molecule has 0 aliphatic rings. The fraction of sp³-hybridized carbons (Fsp3) is 0.176. The number of hydrogen-bond acceptors (Lipinski definition) is 1. The average molecular weight is 364 g/mol. The summed E-state index contributed by atoms with van der Waals surface area (Å²) in [5, 5.41) is 10.1. The van der Waals surface area contributed by atoms with Gasteiger partial charge in [-0.15, -0.1) is 0 Å². The minimum absolute atomic E-state index is 0.135. The molecule has 0 heterocycles. The van der Waals surface area contributed by atoms with Crippen molar-refractivity contribution >= 4 is 6.08 Å². The van der Waals surface area contributed by atoms with Crippen molar-refractivity contribution in [2.75, 3.05) is 0 Å². The van der Waals surface area contributed by atoms with Gasteiger partial charge < -0.3 is 5.11 Å². The Hall–Kier alpha value is -2.35. The Bertz CT molecular complexity index is 760. The molecule has 25 heavy (non-hydrogen) atoms. The molecule has 2 rings (SSSR count). The van der Waals surface area contributed by atoms with Gasteiger partial charge in [0.1, 0.15) is 5.82 Å². The van der Waals surface area contributed by atoms with Gasteiger partial charge in [0.25, 0.3) is 0 Å². The van der Waals surface area contributed by atoms with Gasteiger partial charge in [0, 0.05) is 0 Å². The number of halogens is 7. The molecule has 0 amide bonds. The summed E-state index contributed by atoms with van der Waals surface area (Å²) in [6.07, 6.45) is -8.94. The number of aliphatic hydroxyl groups is 1. The monoisotopic (exact) mass is 364 g/mol. The van der Waals surface area contributed by atoms with E-state index in [1.54, 1.807) is 0 Å². The summed E-state index contributed by atoms with van der Waals surface area (Å²) >= 11 is 0. The molecule has 1 atom stereocenters. The van der Waals surface area contributed by atoms with Gasteiger partial charge >= 0.3 is 12.4 Å². The van der Waals surface area contributed by atoms with Crippen LogP contribution in [-0.4, -0.2) is 11.3 Å². The first-order valence-electron chi connectivity index (χ1n) is 6.85. The van der Waals surface area contributed by atoms with E-state index in [1.165, 1.54) is 0 Å². The molecule has 0 saturated heterocycles. The standard InChI is InChI=1S/C17H11F7O/c18-14-6-4-11(5-7-14)8-9-15(25,17(22,23)24)12-2-1-3-13(10-12)16(19,20)21/h1-10,25H. The second-order valence-electron chi connectivity index (χ2n) is 5.23. The summed E-state index contributed by atoms with van der Waals surface area (Å²) in [5.41, 5.74) is -5.80. The summed E-state index contributed by atoms with van der Waals surface area (Å²) in [4.78, 5) is 0. The lowest BCUT2D eigenvalue weighted by atomic mass is 9.90. The Morgan fingerprint density at radius 1 is 0.800 bits per heavy atom. The van der Waals surface area contributed by atoms with Gasteiger partial charge in [-0.3, -0.25) is 0 Å². The minimum Gasteiger partial charge on any atom is -0.373 e. The van der Waals surface area contributed by atoms with Crippen LogP contribution in [0.3, 0.4) is 0 Å². The van der Waals surface area contributed by atoms with Crippen LogP contribution < -0.4 is 0 Å². The van der Waals surface area contributed by atoms with Gasteiger partial charge in [-0.1, -0.05) is 30.3 Å². The van der Waals surface area contributed by atoms with Crippen LogP contribution in [0.2, 0.25) is 0 Å². The lowest BCUT2D eigenvalue weighted by molar-refractivity contribution is -0.245. The summed E-state index contributed by atoms with van der Waals surface area (Å²) in [7, 11) is 0. The maximum Gasteiger partial charge on any atom is 0.425 e. The molecule has 0 aliphatic carbocycles. The first kappa shape index (κ1) is 19.0. The van der Waals surface area contributed by atoms with Crippen molar-refractivity contribution in [2.24, 2.45) is 0 Å². The molecule has 1 N–H and O–H groups in total. The molecule has 0 bridgehead atoms. The van der Waals surface area contributed by atoms with Crippen LogP contribution in [-0.2, 0) is 11.8 Å². The maximum absolute atomic E-state index is 13.3. The van der Waals surface area contributed by atoms with E-state index in [9.17, 15) is 35.8 Å². The van der Waals surface area contributed by atoms with Crippen molar-refractivity contribution < 1.29 is 35.8 Å². The normalized spacial score (nSPS) is 15.4. The summed E-state index contributed by atoms with van der Waals surface area (Å²) < 4.78 is 91.0. The quantitative estimate of drug-likeness (QED) is 0.732. The fourth-order valence-electron chi connectivity index (χ4n) is 2.08. The zero-order valence-corrected chi connectivity index (χ0v) is 12.4. The summed E-state index contributed by atoms with van der Waals surface area (Å²) in [6, 6.07) is 6.68. The lowest BCUT2D eigenvalue weighted by Gasteiger charge is -2.28. The first-order chi connectivity index (χ1) is 11.4. The predicted molar refractivity (Wildman–Crippen MR) is 76.8 cm³/mol. The van der Waals surface area contributed by atoms with E-state index >= 15 is 0 Å². The molecule has 1 unspecified atom stereocenters. The van der Waals surface area contributed by atoms with Crippen LogP contribution in [0, 0.1) is 5.82 Å². The minimum atomic E-state index is -5.27. The Balaban J connectivity index is 2.50. The smallest absolute Gasteiger partial charge is 0.373 e. The highest BCUT2D eigenvalue weighted by molar-refractivity contribution is 5.52. The van der Waals surface area contributed by atoms with Crippen LogP contribution >= 0.6 is 0 Å². The molecule has 0 aliphatic heterocycles. The predicted octanol–water partition coefficient (Wildman–Crippen LogP) is 5.31. The molecule has 0 saturated carbocycles. The van der Waals surface area contributed by atoms with E-state index in [-0.39, 0.29) is 11.6 Å². The van der Waals surface area contributed by atoms with Crippen LogP contribution in [0.5, 0.6) is 0 Å². The van der Waals surface area contributed by atoms with Gasteiger partial charge in [0.05, 0.1) is 5.56 Å². The van der Waals surface area contributed by atoms with Gasteiger partial charge in [-0.25, -0.2) is 4.39 Å². The summed E-state index contributed by atoms with van der Waals surface area (Å²) in [5.74, 6) is -0.610. The van der Waals surface area contributed by atoms with Crippen LogP contribution in [0.1, 0.15) is 16.7 Å². The fourth-order valence-corrected chi connectivity index (χ4v) is 2.08. The first-order valence-corrected chi connectivity index (χ1v) is 6.85. The SMILES string of the molecule is OC(C=Cc1ccc(F)cc1)(c1cccc(C(F)(F)F)c1)C(F)(F)F. The van der Waals surface area contributed by atoms with E-state index in [1.807, 2.05) is 0 Å². The third-order valence-electron chi connectivity index (χ3n) is 3.45. The highest BCUT2D eigenvalue weighted by Crippen LogP contribution is 2.42. The zero-order chi connectivity index (χ0) is 18.9. The zero-order valence-electron chi connectivity index (χ0n) is 12.4.